The van der Waals surface area contributed by atoms with Crippen molar-refractivity contribution in [3.63, 3.8) is 0 Å². The molecule has 0 amide bonds. The van der Waals surface area contributed by atoms with Crippen molar-refractivity contribution in [2.45, 2.75) is 6.42 Å². The molecule has 0 saturated carbocycles. The lowest BCUT2D eigenvalue weighted by Gasteiger charge is -2.34. The SMILES string of the molecule is C=C(Nc1ccc2ccc(C3=C4CN(CCF)CC[C@@H]4C=C3)nc2c1)c1ccc(N2CCN(C)CC2)cc1.[HH]. The van der Waals surface area contributed by atoms with Crippen LogP contribution in [0.25, 0.3) is 22.2 Å². The maximum atomic E-state index is 13.0. The maximum Gasteiger partial charge on any atom is 0.102 e. The third-order valence-electron chi connectivity index (χ3n) is 8.19. The van der Waals surface area contributed by atoms with Crippen molar-refractivity contribution >= 4 is 33.5 Å². The Labute approximate surface area is 226 Å². The molecule has 2 fully saturated rings. The number of nitrogens with one attached hydrogen (secondary N) is 1. The number of halogens is 1. The van der Waals surface area contributed by atoms with Gasteiger partial charge >= 0.3 is 0 Å². The fourth-order valence-corrected chi connectivity index (χ4v) is 5.84. The number of likely N-dealkylation sites (N-methyl/N-ethyl adjacent to an activating group) is 1. The lowest BCUT2D eigenvalue weighted by atomic mass is 9.91. The van der Waals surface area contributed by atoms with Gasteiger partial charge in [0.1, 0.15) is 6.67 Å². The first-order valence-electron chi connectivity index (χ1n) is 13.7. The molecular formula is C32H38FN5. The predicted octanol–water partition coefficient (Wildman–Crippen LogP) is 5.93. The molecule has 6 heteroatoms. The molecule has 198 valence electrons. The number of hydrogen-bond acceptors (Lipinski definition) is 5. The Balaban J connectivity index is 0.00000308. The molecule has 5 nitrogen and oxygen atoms in total. The van der Waals surface area contributed by atoms with Crippen molar-refractivity contribution < 1.29 is 5.82 Å². The third-order valence-corrected chi connectivity index (χ3v) is 8.19. The van der Waals surface area contributed by atoms with E-state index in [-0.39, 0.29) is 8.10 Å². The number of benzene rings is 2. The predicted molar refractivity (Wildman–Crippen MR) is 159 cm³/mol. The van der Waals surface area contributed by atoms with Crippen LogP contribution in [0.2, 0.25) is 0 Å². The van der Waals surface area contributed by atoms with Crippen molar-refractivity contribution in [2.75, 3.05) is 69.8 Å². The van der Waals surface area contributed by atoms with E-state index in [4.69, 9.17) is 4.98 Å². The Morgan fingerprint density at radius 2 is 1.84 bits per heavy atom. The van der Waals surface area contributed by atoms with Crippen molar-refractivity contribution in [1.82, 2.24) is 14.8 Å². The number of pyridine rings is 1. The van der Waals surface area contributed by atoms with Crippen LogP contribution in [0, 0.1) is 5.92 Å². The number of likely N-dealkylation sites (tertiary alicyclic amines) is 1. The van der Waals surface area contributed by atoms with E-state index in [0.29, 0.717) is 12.5 Å². The zero-order valence-electron chi connectivity index (χ0n) is 22.2. The van der Waals surface area contributed by atoms with Gasteiger partial charge in [-0.25, -0.2) is 9.37 Å². The first-order valence-corrected chi connectivity index (χ1v) is 13.7. The van der Waals surface area contributed by atoms with E-state index in [9.17, 15) is 4.39 Å². The summed E-state index contributed by atoms with van der Waals surface area (Å²) in [5.74, 6) is 0.456. The Kier molecular flexibility index (Phi) is 7.00. The molecule has 0 radical (unpaired) electrons. The van der Waals surface area contributed by atoms with E-state index in [2.05, 4.69) is 100 Å². The molecule has 0 bridgehead atoms. The number of allylic oxidation sites excluding steroid dienone is 3. The summed E-state index contributed by atoms with van der Waals surface area (Å²) in [6.07, 6.45) is 5.55. The van der Waals surface area contributed by atoms with E-state index < -0.39 is 0 Å². The Hall–Kier alpha value is -3.48. The molecule has 1 atom stereocenters. The normalized spacial score (nSPS) is 20.3. The number of alkyl halides is 1. The second-order valence-corrected chi connectivity index (χ2v) is 10.7. The van der Waals surface area contributed by atoms with Crippen LogP contribution in [-0.4, -0.2) is 74.3 Å². The fraction of sp³-hybridized carbons (Fsp3) is 0.344. The number of anilines is 2. The molecule has 3 aliphatic rings. The summed E-state index contributed by atoms with van der Waals surface area (Å²) in [6, 6.07) is 19.2. The highest BCUT2D eigenvalue weighted by Gasteiger charge is 2.28. The quantitative estimate of drug-likeness (QED) is 0.425. The van der Waals surface area contributed by atoms with Crippen molar-refractivity contribution in [1.29, 1.82) is 0 Å². The summed E-state index contributed by atoms with van der Waals surface area (Å²) < 4.78 is 13.0. The average molecular weight is 512 g/mol. The topological polar surface area (TPSA) is 34.6 Å². The molecule has 2 aliphatic heterocycles. The molecule has 0 unspecified atom stereocenters. The van der Waals surface area contributed by atoms with E-state index in [1.54, 1.807) is 0 Å². The molecular weight excluding hydrogens is 473 g/mol. The standard InChI is InChI=1S/C32H36FN5.H2/c1-23(24-4-9-28(10-5-24)38-19-17-36(2)18-20-38)34-27-8-3-26-7-12-31(35-32(26)21-27)29-11-6-25-13-15-37(16-14-33)22-30(25)29;/h3-12,21,25,34H,1,13-20,22H2,2H3;1H/t25-;/m0./s1. The number of piperazine rings is 1. The van der Waals surface area contributed by atoms with E-state index in [0.717, 1.165) is 79.2 Å². The fourth-order valence-electron chi connectivity index (χ4n) is 5.84. The molecule has 1 aliphatic carbocycles. The third kappa shape index (κ3) is 5.11. The summed E-state index contributed by atoms with van der Waals surface area (Å²) in [4.78, 5) is 12.1. The molecule has 3 heterocycles. The van der Waals surface area contributed by atoms with Crippen molar-refractivity contribution in [3.8, 4) is 0 Å². The molecule has 1 N–H and O–H groups in total. The highest BCUT2D eigenvalue weighted by Crippen LogP contribution is 2.37. The van der Waals surface area contributed by atoms with Crippen LogP contribution < -0.4 is 10.2 Å². The first kappa shape index (κ1) is 24.8. The summed E-state index contributed by atoms with van der Waals surface area (Å²) in [5.41, 5.74) is 8.70. The minimum absolute atomic E-state index is 0. The van der Waals surface area contributed by atoms with Crippen LogP contribution in [0.4, 0.5) is 15.8 Å². The zero-order chi connectivity index (χ0) is 26.1. The number of aromatic nitrogens is 1. The van der Waals surface area contributed by atoms with E-state index in [1.807, 2.05) is 0 Å². The molecule has 0 spiro atoms. The van der Waals surface area contributed by atoms with Gasteiger partial charge < -0.3 is 15.1 Å². The van der Waals surface area contributed by atoms with Gasteiger partial charge in [-0.15, -0.1) is 0 Å². The van der Waals surface area contributed by atoms with Gasteiger partial charge in [-0.3, -0.25) is 4.90 Å². The van der Waals surface area contributed by atoms with Crippen LogP contribution in [0.1, 0.15) is 19.1 Å². The number of rotatable bonds is 7. The van der Waals surface area contributed by atoms with E-state index >= 15 is 0 Å². The summed E-state index contributed by atoms with van der Waals surface area (Å²) >= 11 is 0. The number of nitrogens with zero attached hydrogens (tertiary/aromatic N) is 4. The zero-order valence-corrected chi connectivity index (χ0v) is 22.2. The largest absolute Gasteiger partial charge is 0.369 e. The van der Waals surface area contributed by atoms with Crippen LogP contribution in [0.15, 0.2) is 78.9 Å². The van der Waals surface area contributed by atoms with Crippen molar-refractivity contribution in [2.24, 2.45) is 5.92 Å². The van der Waals surface area contributed by atoms with Crippen LogP contribution in [-0.2, 0) is 0 Å². The Morgan fingerprint density at radius 3 is 2.63 bits per heavy atom. The Bertz CT molecular complexity index is 1390. The van der Waals surface area contributed by atoms with Gasteiger partial charge in [-0.2, -0.15) is 0 Å². The number of piperidine rings is 1. The van der Waals surface area contributed by atoms with Crippen LogP contribution >= 0.6 is 0 Å². The molecule has 2 saturated heterocycles. The van der Waals surface area contributed by atoms with Gasteiger partial charge in [0, 0.05) is 74.6 Å². The smallest absolute Gasteiger partial charge is 0.102 e. The maximum absolute atomic E-state index is 13.0. The molecule has 1 aromatic heterocycles. The van der Waals surface area contributed by atoms with Gasteiger partial charge in [-0.1, -0.05) is 43.0 Å². The average Bonchev–Trinajstić information content (AvgIpc) is 3.37. The minimum atomic E-state index is -0.295. The highest BCUT2D eigenvalue weighted by atomic mass is 19.1. The lowest BCUT2D eigenvalue weighted by Crippen LogP contribution is -2.44. The van der Waals surface area contributed by atoms with Crippen LogP contribution in [0.3, 0.4) is 0 Å². The van der Waals surface area contributed by atoms with Gasteiger partial charge in [0.05, 0.1) is 11.2 Å². The first-order chi connectivity index (χ1) is 18.6. The number of hydrogen-bond donors (Lipinski definition) is 1. The van der Waals surface area contributed by atoms with Gasteiger partial charge in [-0.05, 0) is 61.5 Å². The number of fused-ring (bicyclic) bond motifs is 2. The van der Waals surface area contributed by atoms with Gasteiger partial charge in [0.2, 0.25) is 0 Å². The monoisotopic (exact) mass is 511 g/mol. The van der Waals surface area contributed by atoms with Crippen molar-refractivity contribution in [3.05, 3.63) is 90.2 Å². The minimum Gasteiger partial charge on any atom is -0.369 e. The molecule has 38 heavy (non-hydrogen) atoms. The molecule has 6 rings (SSSR count). The van der Waals surface area contributed by atoms with Gasteiger partial charge in [0.15, 0.2) is 0 Å². The lowest BCUT2D eigenvalue weighted by molar-refractivity contribution is 0.229. The summed E-state index contributed by atoms with van der Waals surface area (Å²) in [5, 5.41) is 4.59. The van der Waals surface area contributed by atoms with E-state index in [1.165, 1.54) is 16.8 Å². The highest BCUT2D eigenvalue weighted by molar-refractivity contribution is 5.88. The molecule has 2 aromatic carbocycles. The summed E-state index contributed by atoms with van der Waals surface area (Å²) in [6.45, 7) is 10.6. The summed E-state index contributed by atoms with van der Waals surface area (Å²) in [7, 11) is 2.18. The molecule has 3 aromatic rings. The van der Waals surface area contributed by atoms with Crippen LogP contribution in [0.5, 0.6) is 0 Å². The second-order valence-electron chi connectivity index (χ2n) is 10.7. The van der Waals surface area contributed by atoms with Gasteiger partial charge in [0.25, 0.3) is 0 Å². The second kappa shape index (κ2) is 10.7. The Morgan fingerprint density at radius 1 is 1.05 bits per heavy atom.